The van der Waals surface area contributed by atoms with Crippen LogP contribution < -0.4 is 0 Å². The van der Waals surface area contributed by atoms with Gasteiger partial charge >= 0.3 is 39.5 Å². The molecule has 90 heavy (non-hydrogen) atoms. The van der Waals surface area contributed by atoms with Gasteiger partial charge in [0.05, 0.1) is 26.4 Å². The average Bonchev–Trinajstić information content (AvgIpc) is 3.67. The summed E-state index contributed by atoms with van der Waals surface area (Å²) >= 11 is 0. The fourth-order valence-corrected chi connectivity index (χ4v) is 12.3. The first-order valence-electron chi connectivity index (χ1n) is 37.0. The van der Waals surface area contributed by atoms with Crippen LogP contribution >= 0.6 is 15.6 Å². The van der Waals surface area contributed by atoms with Gasteiger partial charge < -0.3 is 33.8 Å². The molecule has 0 rings (SSSR count). The standard InChI is InChI=1S/C71H138O17P2/c1-7-10-12-14-16-18-20-21-22-23-24-25-26-28-30-36-44-50-56-71(76)87-66(59-81-68(73)53-47-41-34-32-31-33-40-46-52-64(6)9-3)61-85-89(77,78)83-57-65(72)58-84-90(79,80)86-62-67(60-82-69(74)54-48-42-38-37-39-45-51-63(4)5)88-70(75)55-49-43-35-29-27-19-17-15-13-11-8-2/h63-67,72H,7-62H2,1-6H3,(H,77,78)(H,79,80)/t64?,65-,66-,67-/m1/s1. The topological polar surface area (TPSA) is 237 Å². The van der Waals surface area contributed by atoms with Crippen molar-refractivity contribution in [1.82, 2.24) is 0 Å². The number of carbonyl (C=O) groups excluding carboxylic acids is 4. The molecule has 0 saturated carbocycles. The molecule has 6 atom stereocenters. The van der Waals surface area contributed by atoms with Crippen LogP contribution in [0.5, 0.6) is 0 Å². The number of carbonyl (C=O) groups is 4. The van der Waals surface area contributed by atoms with E-state index in [2.05, 4.69) is 41.5 Å². The summed E-state index contributed by atoms with van der Waals surface area (Å²) in [5.74, 6) is -0.667. The van der Waals surface area contributed by atoms with Gasteiger partial charge in [0.15, 0.2) is 12.2 Å². The third kappa shape index (κ3) is 63.5. The van der Waals surface area contributed by atoms with E-state index in [-0.39, 0.29) is 25.7 Å². The van der Waals surface area contributed by atoms with Gasteiger partial charge in [-0.1, -0.05) is 311 Å². The number of esters is 4. The van der Waals surface area contributed by atoms with Crippen LogP contribution in [0, 0.1) is 11.8 Å². The molecule has 17 nitrogen and oxygen atoms in total. The predicted octanol–water partition coefficient (Wildman–Crippen LogP) is 20.4. The Morgan fingerprint density at radius 2 is 0.567 bits per heavy atom. The van der Waals surface area contributed by atoms with Crippen LogP contribution in [0.2, 0.25) is 0 Å². The van der Waals surface area contributed by atoms with Crippen molar-refractivity contribution in [2.24, 2.45) is 11.8 Å². The zero-order valence-electron chi connectivity index (χ0n) is 58.4. The van der Waals surface area contributed by atoms with E-state index in [0.717, 1.165) is 102 Å². The molecule has 534 valence electrons. The van der Waals surface area contributed by atoms with Gasteiger partial charge in [0, 0.05) is 25.7 Å². The highest BCUT2D eigenvalue weighted by Crippen LogP contribution is 2.45. The second-order valence-corrected chi connectivity index (χ2v) is 29.3. The Kier molecular flexibility index (Phi) is 61.8. The highest BCUT2D eigenvalue weighted by Gasteiger charge is 2.30. The minimum atomic E-state index is -4.95. The van der Waals surface area contributed by atoms with E-state index < -0.39 is 97.5 Å². The lowest BCUT2D eigenvalue weighted by atomic mass is 9.99. The van der Waals surface area contributed by atoms with Crippen molar-refractivity contribution in [2.75, 3.05) is 39.6 Å². The van der Waals surface area contributed by atoms with Crippen molar-refractivity contribution in [2.45, 2.75) is 381 Å². The molecule has 3 N–H and O–H groups in total. The lowest BCUT2D eigenvalue weighted by molar-refractivity contribution is -0.161. The van der Waals surface area contributed by atoms with Gasteiger partial charge in [-0.05, 0) is 37.5 Å². The number of hydrogen-bond donors (Lipinski definition) is 3. The number of hydrogen-bond acceptors (Lipinski definition) is 15. The van der Waals surface area contributed by atoms with E-state index in [1.807, 2.05) is 0 Å². The monoisotopic (exact) mass is 1320 g/mol. The smallest absolute Gasteiger partial charge is 0.462 e. The quantitative estimate of drug-likeness (QED) is 0.0222. The fraction of sp³-hybridized carbons (Fsp3) is 0.944. The van der Waals surface area contributed by atoms with Gasteiger partial charge in [-0.2, -0.15) is 0 Å². The lowest BCUT2D eigenvalue weighted by Gasteiger charge is -2.21. The summed E-state index contributed by atoms with van der Waals surface area (Å²) in [6, 6.07) is 0. The number of rotatable bonds is 70. The maximum absolute atomic E-state index is 13.0. The number of aliphatic hydroxyl groups is 1. The minimum Gasteiger partial charge on any atom is -0.462 e. The zero-order valence-corrected chi connectivity index (χ0v) is 60.2. The number of unbranched alkanes of at least 4 members (excludes halogenated alkanes) is 39. The SMILES string of the molecule is CCCCCCCCCCCCCCCCCCCCC(=O)O[C@H](COC(=O)CCCCCCCCCCC(C)CC)COP(=O)(O)OC[C@@H](O)COP(=O)(O)OC[C@@H](COC(=O)CCCCCCCCC(C)C)OC(=O)CCCCCCCCCCCCC. The first-order chi connectivity index (χ1) is 43.4. The van der Waals surface area contributed by atoms with Crippen molar-refractivity contribution in [3.05, 3.63) is 0 Å². The van der Waals surface area contributed by atoms with E-state index >= 15 is 0 Å². The summed E-state index contributed by atoms with van der Waals surface area (Å²) in [5.41, 5.74) is 0. The molecular weight excluding hydrogens is 1190 g/mol. The lowest BCUT2D eigenvalue weighted by Crippen LogP contribution is -2.30. The van der Waals surface area contributed by atoms with E-state index in [4.69, 9.17) is 37.0 Å². The molecule has 0 radical (unpaired) electrons. The maximum Gasteiger partial charge on any atom is 0.472 e. The molecule has 0 aromatic heterocycles. The van der Waals surface area contributed by atoms with Gasteiger partial charge in [0.25, 0.3) is 0 Å². The number of ether oxygens (including phenoxy) is 4. The number of phosphoric acid groups is 2. The van der Waals surface area contributed by atoms with E-state index in [9.17, 15) is 43.2 Å². The Morgan fingerprint density at radius 1 is 0.322 bits per heavy atom. The molecule has 0 heterocycles. The van der Waals surface area contributed by atoms with Crippen LogP contribution in [-0.4, -0.2) is 96.7 Å². The van der Waals surface area contributed by atoms with Gasteiger partial charge in [0.2, 0.25) is 0 Å². The molecule has 0 aliphatic rings. The van der Waals surface area contributed by atoms with Crippen molar-refractivity contribution < 1.29 is 80.2 Å². The Morgan fingerprint density at radius 3 is 0.844 bits per heavy atom. The summed E-state index contributed by atoms with van der Waals surface area (Å²) in [6.45, 7) is 9.47. The van der Waals surface area contributed by atoms with E-state index in [1.54, 1.807) is 0 Å². The molecule has 0 bridgehead atoms. The number of aliphatic hydroxyl groups excluding tert-OH is 1. The van der Waals surface area contributed by atoms with Crippen LogP contribution in [0.25, 0.3) is 0 Å². The normalized spacial score (nSPS) is 14.4. The van der Waals surface area contributed by atoms with Crippen molar-refractivity contribution in [1.29, 1.82) is 0 Å². The fourth-order valence-electron chi connectivity index (χ4n) is 10.7. The third-order valence-electron chi connectivity index (χ3n) is 16.8. The molecule has 0 amide bonds. The van der Waals surface area contributed by atoms with Crippen molar-refractivity contribution in [3.63, 3.8) is 0 Å². The third-order valence-corrected chi connectivity index (χ3v) is 18.7. The Balaban J connectivity index is 5.22. The van der Waals surface area contributed by atoms with Crippen LogP contribution in [0.15, 0.2) is 0 Å². The van der Waals surface area contributed by atoms with Crippen LogP contribution in [-0.2, 0) is 65.4 Å². The van der Waals surface area contributed by atoms with Crippen molar-refractivity contribution >= 4 is 39.5 Å². The summed E-state index contributed by atoms with van der Waals surface area (Å²) in [6.07, 6.45) is 48.7. The summed E-state index contributed by atoms with van der Waals surface area (Å²) in [4.78, 5) is 72.5. The van der Waals surface area contributed by atoms with Gasteiger partial charge in [-0.3, -0.25) is 37.3 Å². The number of phosphoric ester groups is 2. The van der Waals surface area contributed by atoms with Crippen molar-refractivity contribution in [3.8, 4) is 0 Å². The Hall–Kier alpha value is -1.94. The highest BCUT2D eigenvalue weighted by atomic mass is 31.2. The minimum absolute atomic E-state index is 0.106. The Bertz CT molecular complexity index is 1750. The molecule has 0 aliphatic carbocycles. The first-order valence-corrected chi connectivity index (χ1v) is 40.0. The highest BCUT2D eigenvalue weighted by molar-refractivity contribution is 7.47. The second-order valence-electron chi connectivity index (χ2n) is 26.3. The molecule has 0 spiro atoms. The Labute approximate surface area is 549 Å². The summed E-state index contributed by atoms with van der Waals surface area (Å²) in [7, 11) is -9.90. The van der Waals surface area contributed by atoms with E-state index in [1.165, 1.54) is 173 Å². The summed E-state index contributed by atoms with van der Waals surface area (Å²) < 4.78 is 68.3. The molecular formula is C71H138O17P2. The van der Waals surface area contributed by atoms with Crippen LogP contribution in [0.4, 0.5) is 0 Å². The maximum atomic E-state index is 13.0. The molecule has 0 aromatic rings. The molecule has 19 heteroatoms. The van der Waals surface area contributed by atoms with Gasteiger partial charge in [-0.15, -0.1) is 0 Å². The molecule has 0 aromatic carbocycles. The predicted molar refractivity (Wildman–Crippen MR) is 363 cm³/mol. The summed E-state index contributed by atoms with van der Waals surface area (Å²) in [5, 5.41) is 10.6. The molecule has 3 unspecified atom stereocenters. The van der Waals surface area contributed by atoms with E-state index in [0.29, 0.717) is 31.6 Å². The van der Waals surface area contributed by atoms with Gasteiger partial charge in [0.1, 0.15) is 19.3 Å². The molecule has 0 saturated heterocycles. The molecule has 0 fully saturated rings. The largest absolute Gasteiger partial charge is 0.472 e. The van der Waals surface area contributed by atoms with Crippen LogP contribution in [0.1, 0.15) is 363 Å². The first kappa shape index (κ1) is 88.1. The average molecular weight is 1330 g/mol. The van der Waals surface area contributed by atoms with Crippen LogP contribution in [0.3, 0.4) is 0 Å². The molecule has 0 aliphatic heterocycles. The second kappa shape index (κ2) is 63.1. The van der Waals surface area contributed by atoms with Gasteiger partial charge in [-0.25, -0.2) is 9.13 Å². The zero-order chi connectivity index (χ0) is 66.5.